The van der Waals surface area contributed by atoms with E-state index >= 15 is 0 Å². The molecule has 0 radical (unpaired) electrons. The molecule has 1 atom stereocenters. The lowest BCUT2D eigenvalue weighted by Gasteiger charge is -2.35. The fraction of sp³-hybridized carbons (Fsp3) is 1.00. The van der Waals surface area contributed by atoms with Crippen LogP contribution in [0.25, 0.3) is 0 Å². The second kappa shape index (κ2) is 5.81. The molecular formula is C9H16F3NO3. The molecule has 16 heavy (non-hydrogen) atoms. The molecule has 1 heterocycles. The minimum Gasteiger partial charge on any atom is -0.378 e. The van der Waals surface area contributed by atoms with Crippen LogP contribution in [-0.4, -0.2) is 44.9 Å². The van der Waals surface area contributed by atoms with Crippen LogP contribution in [0, 0.1) is 0 Å². The van der Waals surface area contributed by atoms with Crippen LogP contribution >= 0.6 is 0 Å². The van der Waals surface area contributed by atoms with Gasteiger partial charge >= 0.3 is 6.18 Å². The minimum absolute atomic E-state index is 0.211. The third kappa shape index (κ3) is 4.65. The first-order valence-corrected chi connectivity index (χ1v) is 5.04. The van der Waals surface area contributed by atoms with Gasteiger partial charge < -0.3 is 19.9 Å². The molecule has 0 aromatic rings. The fourth-order valence-electron chi connectivity index (χ4n) is 1.48. The first-order valence-electron chi connectivity index (χ1n) is 5.04. The topological polar surface area (TPSA) is 53.7 Å². The number of ether oxygens (including phenoxy) is 3. The van der Waals surface area contributed by atoms with Crippen molar-refractivity contribution in [1.82, 2.24) is 0 Å². The highest BCUT2D eigenvalue weighted by atomic mass is 19.4. The molecule has 0 amide bonds. The van der Waals surface area contributed by atoms with Crippen LogP contribution in [0.2, 0.25) is 0 Å². The van der Waals surface area contributed by atoms with Crippen molar-refractivity contribution in [3.8, 4) is 0 Å². The first kappa shape index (κ1) is 13.7. The number of rotatable bonds is 5. The Morgan fingerprint density at radius 1 is 1.38 bits per heavy atom. The maximum absolute atomic E-state index is 11.8. The lowest BCUT2D eigenvalue weighted by Crippen LogP contribution is -2.48. The Morgan fingerprint density at radius 3 is 2.62 bits per heavy atom. The zero-order chi connectivity index (χ0) is 12.1. The molecule has 1 unspecified atom stereocenters. The van der Waals surface area contributed by atoms with E-state index in [1.165, 1.54) is 0 Å². The van der Waals surface area contributed by atoms with E-state index in [1.807, 2.05) is 0 Å². The van der Waals surface area contributed by atoms with Crippen molar-refractivity contribution in [2.24, 2.45) is 5.73 Å². The summed E-state index contributed by atoms with van der Waals surface area (Å²) in [6.45, 7) is -0.579. The van der Waals surface area contributed by atoms with Gasteiger partial charge in [-0.15, -0.1) is 0 Å². The average Bonchev–Trinajstić information content (AvgIpc) is 2.25. The Bertz CT molecular complexity index is 205. The van der Waals surface area contributed by atoms with E-state index in [4.69, 9.17) is 15.2 Å². The normalized spacial score (nSPS) is 27.0. The number of hydrogen-bond acceptors (Lipinski definition) is 4. The molecule has 1 fully saturated rings. The smallest absolute Gasteiger partial charge is 0.378 e. The van der Waals surface area contributed by atoms with E-state index in [0.29, 0.717) is 19.6 Å². The van der Waals surface area contributed by atoms with Crippen LogP contribution in [0.3, 0.4) is 0 Å². The molecule has 0 spiro atoms. The number of hydrogen-bond donors (Lipinski definition) is 1. The van der Waals surface area contributed by atoms with Crippen LogP contribution in [0.4, 0.5) is 13.2 Å². The Kier molecular flexibility index (Phi) is 4.97. The highest BCUT2D eigenvalue weighted by molar-refractivity contribution is 4.84. The van der Waals surface area contributed by atoms with Crippen LogP contribution < -0.4 is 5.73 Å². The van der Waals surface area contributed by atoms with Gasteiger partial charge in [-0.25, -0.2) is 0 Å². The minimum atomic E-state index is -4.33. The van der Waals surface area contributed by atoms with Gasteiger partial charge in [-0.2, -0.15) is 13.2 Å². The lowest BCUT2D eigenvalue weighted by molar-refractivity contribution is -0.227. The summed E-state index contributed by atoms with van der Waals surface area (Å²) in [5, 5.41) is 0. The molecule has 4 nitrogen and oxygen atoms in total. The molecule has 7 heteroatoms. The third-order valence-electron chi connectivity index (χ3n) is 2.37. The van der Waals surface area contributed by atoms with Crippen LogP contribution in [0.5, 0.6) is 0 Å². The molecule has 1 aliphatic heterocycles. The molecule has 2 N–H and O–H groups in total. The van der Waals surface area contributed by atoms with Crippen molar-refractivity contribution in [3.63, 3.8) is 0 Å². The summed E-state index contributed by atoms with van der Waals surface area (Å²) in [5.41, 5.74) is 4.83. The summed E-state index contributed by atoms with van der Waals surface area (Å²) in [6, 6.07) is 0. The van der Waals surface area contributed by atoms with Crippen molar-refractivity contribution in [2.45, 2.75) is 24.6 Å². The third-order valence-corrected chi connectivity index (χ3v) is 2.37. The number of nitrogens with two attached hydrogens (primary N) is 1. The first-order chi connectivity index (χ1) is 7.47. The van der Waals surface area contributed by atoms with Gasteiger partial charge in [0.15, 0.2) is 0 Å². The van der Waals surface area contributed by atoms with Gasteiger partial charge in [0, 0.05) is 13.2 Å². The molecule has 1 rings (SSSR count). The molecule has 1 aliphatic rings. The Hall–Kier alpha value is -0.370. The molecule has 0 bridgehead atoms. The maximum atomic E-state index is 11.8. The second-order valence-corrected chi connectivity index (χ2v) is 3.77. The summed E-state index contributed by atoms with van der Waals surface area (Å²) in [6.07, 6.45) is -2.86. The monoisotopic (exact) mass is 243 g/mol. The van der Waals surface area contributed by atoms with Crippen molar-refractivity contribution in [1.29, 1.82) is 0 Å². The van der Waals surface area contributed by atoms with Crippen molar-refractivity contribution in [3.05, 3.63) is 0 Å². The van der Waals surface area contributed by atoms with Crippen molar-refractivity contribution >= 4 is 0 Å². The van der Waals surface area contributed by atoms with E-state index in [1.54, 1.807) is 0 Å². The van der Waals surface area contributed by atoms with Crippen LogP contribution in [-0.2, 0) is 14.2 Å². The standard InChI is InChI=1S/C9H16F3NO3/c10-9(11,12)6-15-7-16-8(4-13)2-1-3-14-5-8/h1-7,13H2. The highest BCUT2D eigenvalue weighted by Crippen LogP contribution is 2.22. The Labute approximate surface area is 91.8 Å². The maximum Gasteiger partial charge on any atom is 0.411 e. The van der Waals surface area contributed by atoms with Crippen molar-refractivity contribution < 1.29 is 27.4 Å². The van der Waals surface area contributed by atoms with E-state index in [0.717, 1.165) is 6.42 Å². The molecule has 0 aliphatic carbocycles. The average molecular weight is 243 g/mol. The van der Waals surface area contributed by atoms with Gasteiger partial charge in [0.05, 0.1) is 6.61 Å². The van der Waals surface area contributed by atoms with Gasteiger partial charge in [0.2, 0.25) is 0 Å². The van der Waals surface area contributed by atoms with Gasteiger partial charge in [0.1, 0.15) is 19.0 Å². The molecule has 0 aromatic heterocycles. The summed E-state index contributed by atoms with van der Waals surface area (Å²) in [7, 11) is 0. The molecule has 1 saturated heterocycles. The van der Waals surface area contributed by atoms with Crippen LogP contribution in [0.15, 0.2) is 0 Å². The molecular weight excluding hydrogens is 227 g/mol. The molecule has 0 saturated carbocycles. The summed E-state index contributed by atoms with van der Waals surface area (Å²) in [5.74, 6) is 0. The molecule has 96 valence electrons. The van der Waals surface area contributed by atoms with Crippen LogP contribution in [0.1, 0.15) is 12.8 Å². The Balaban J connectivity index is 2.23. The van der Waals surface area contributed by atoms with E-state index in [-0.39, 0.29) is 6.54 Å². The van der Waals surface area contributed by atoms with E-state index < -0.39 is 25.2 Å². The summed E-state index contributed by atoms with van der Waals surface area (Å²) < 4.78 is 50.1. The van der Waals surface area contributed by atoms with E-state index in [2.05, 4.69) is 4.74 Å². The number of halogens is 3. The SMILES string of the molecule is NCC1(OCOCC(F)(F)F)CCCOC1. The van der Waals surface area contributed by atoms with Gasteiger partial charge in [-0.3, -0.25) is 0 Å². The predicted molar refractivity (Wildman–Crippen MR) is 49.8 cm³/mol. The van der Waals surface area contributed by atoms with Crippen molar-refractivity contribution in [2.75, 3.05) is 33.2 Å². The van der Waals surface area contributed by atoms with E-state index in [9.17, 15) is 13.2 Å². The van der Waals surface area contributed by atoms with Gasteiger partial charge in [0.25, 0.3) is 0 Å². The fourth-order valence-corrected chi connectivity index (χ4v) is 1.48. The summed E-state index contributed by atoms with van der Waals surface area (Å²) >= 11 is 0. The lowest BCUT2D eigenvalue weighted by atomic mass is 9.97. The second-order valence-electron chi connectivity index (χ2n) is 3.77. The number of alkyl halides is 3. The zero-order valence-electron chi connectivity index (χ0n) is 8.89. The van der Waals surface area contributed by atoms with Gasteiger partial charge in [-0.05, 0) is 12.8 Å². The predicted octanol–water partition coefficient (Wildman–Crippen LogP) is 1.05. The largest absolute Gasteiger partial charge is 0.411 e. The van der Waals surface area contributed by atoms with Gasteiger partial charge in [-0.1, -0.05) is 0 Å². The highest BCUT2D eigenvalue weighted by Gasteiger charge is 2.33. The molecule has 0 aromatic carbocycles. The zero-order valence-corrected chi connectivity index (χ0v) is 8.89. The Morgan fingerprint density at radius 2 is 2.12 bits per heavy atom. The summed E-state index contributed by atoms with van der Waals surface area (Å²) in [4.78, 5) is 0. The quantitative estimate of drug-likeness (QED) is 0.579.